The van der Waals surface area contributed by atoms with Gasteiger partial charge in [-0.3, -0.25) is 0 Å². The maximum absolute atomic E-state index is 10.5. The summed E-state index contributed by atoms with van der Waals surface area (Å²) in [6.07, 6.45) is 9.67. The zero-order chi connectivity index (χ0) is 15.5. The highest BCUT2D eigenvalue weighted by molar-refractivity contribution is 5.40. The maximum Gasteiger partial charge on any atom is 0.121 e. The molecule has 0 amide bonds. The molecule has 1 N–H and O–H groups in total. The Morgan fingerprint density at radius 3 is 2.14 bits per heavy atom. The molecule has 0 atom stereocenters. The van der Waals surface area contributed by atoms with Gasteiger partial charge in [0.25, 0.3) is 0 Å². The van der Waals surface area contributed by atoms with Crippen LogP contribution in [0.5, 0.6) is 5.75 Å². The van der Waals surface area contributed by atoms with E-state index in [9.17, 15) is 5.11 Å². The van der Waals surface area contributed by atoms with E-state index >= 15 is 0 Å². The lowest BCUT2D eigenvalue weighted by Crippen LogP contribution is -2.05. The fraction of sp³-hybridized carbons (Fsp3) is 0.700. The van der Waals surface area contributed by atoms with Crippen molar-refractivity contribution in [1.29, 1.82) is 0 Å². The summed E-state index contributed by atoms with van der Waals surface area (Å²) in [6, 6.07) is 6.29. The van der Waals surface area contributed by atoms with Gasteiger partial charge in [0.1, 0.15) is 5.75 Å². The molecule has 1 saturated carbocycles. The molecule has 1 aromatic carbocycles. The third-order valence-corrected chi connectivity index (χ3v) is 4.91. The SMILES string of the molecule is CC(C)(C)CCCc1cccc(CCCC2(C)CC2)c1O. The van der Waals surface area contributed by atoms with Crippen LogP contribution in [0.25, 0.3) is 0 Å². The fourth-order valence-electron chi connectivity index (χ4n) is 3.03. The molecule has 1 aliphatic carbocycles. The molecular formula is C20H32O. The minimum absolute atomic E-state index is 0.382. The largest absolute Gasteiger partial charge is 0.507 e. The zero-order valence-corrected chi connectivity index (χ0v) is 14.3. The Morgan fingerprint density at radius 1 is 1.05 bits per heavy atom. The summed E-state index contributed by atoms with van der Waals surface area (Å²) in [6.45, 7) is 9.22. The van der Waals surface area contributed by atoms with E-state index in [1.54, 1.807) is 0 Å². The predicted molar refractivity (Wildman–Crippen MR) is 90.8 cm³/mol. The lowest BCUT2D eigenvalue weighted by Gasteiger charge is -2.18. The molecule has 0 radical (unpaired) electrons. The van der Waals surface area contributed by atoms with Crippen molar-refractivity contribution in [3.05, 3.63) is 29.3 Å². The molecule has 1 aromatic rings. The van der Waals surface area contributed by atoms with Gasteiger partial charge in [-0.2, -0.15) is 0 Å². The monoisotopic (exact) mass is 288 g/mol. The first-order valence-electron chi connectivity index (χ1n) is 8.59. The van der Waals surface area contributed by atoms with Gasteiger partial charge in [0.2, 0.25) is 0 Å². The number of aryl methyl sites for hydroxylation is 2. The van der Waals surface area contributed by atoms with Crippen molar-refractivity contribution in [1.82, 2.24) is 0 Å². The van der Waals surface area contributed by atoms with Gasteiger partial charge in [-0.05, 0) is 73.3 Å². The van der Waals surface area contributed by atoms with Crippen LogP contribution >= 0.6 is 0 Å². The molecule has 1 aliphatic rings. The lowest BCUT2D eigenvalue weighted by molar-refractivity contribution is 0.363. The molecule has 1 heteroatoms. The van der Waals surface area contributed by atoms with Crippen LogP contribution in [0.4, 0.5) is 0 Å². The number of benzene rings is 1. The number of rotatable bonds is 7. The lowest BCUT2D eigenvalue weighted by atomic mass is 9.88. The molecule has 1 nitrogen and oxygen atoms in total. The Hall–Kier alpha value is -0.980. The van der Waals surface area contributed by atoms with Crippen molar-refractivity contribution in [3.8, 4) is 5.75 Å². The number of para-hydroxylation sites is 1. The van der Waals surface area contributed by atoms with Gasteiger partial charge in [0.15, 0.2) is 0 Å². The highest BCUT2D eigenvalue weighted by Crippen LogP contribution is 2.49. The van der Waals surface area contributed by atoms with Crippen LogP contribution in [0.15, 0.2) is 18.2 Å². The molecule has 2 rings (SSSR count). The molecule has 0 aliphatic heterocycles. The molecule has 21 heavy (non-hydrogen) atoms. The Morgan fingerprint density at radius 2 is 1.62 bits per heavy atom. The van der Waals surface area contributed by atoms with Crippen LogP contribution in [0.2, 0.25) is 0 Å². The summed E-state index contributed by atoms with van der Waals surface area (Å²) < 4.78 is 0. The van der Waals surface area contributed by atoms with Gasteiger partial charge in [-0.25, -0.2) is 0 Å². The van der Waals surface area contributed by atoms with E-state index in [4.69, 9.17) is 0 Å². The summed E-state index contributed by atoms with van der Waals surface area (Å²) in [7, 11) is 0. The average molecular weight is 288 g/mol. The number of hydrogen-bond donors (Lipinski definition) is 1. The Balaban J connectivity index is 1.86. The second kappa shape index (κ2) is 6.42. The molecule has 0 bridgehead atoms. The topological polar surface area (TPSA) is 20.2 Å². The highest BCUT2D eigenvalue weighted by atomic mass is 16.3. The fourth-order valence-corrected chi connectivity index (χ4v) is 3.03. The zero-order valence-electron chi connectivity index (χ0n) is 14.3. The maximum atomic E-state index is 10.5. The van der Waals surface area contributed by atoms with Gasteiger partial charge in [0.05, 0.1) is 0 Å². The van der Waals surface area contributed by atoms with E-state index in [2.05, 4.69) is 45.9 Å². The van der Waals surface area contributed by atoms with Crippen molar-refractivity contribution in [3.63, 3.8) is 0 Å². The molecule has 0 saturated heterocycles. The molecule has 0 heterocycles. The van der Waals surface area contributed by atoms with Gasteiger partial charge in [-0.1, -0.05) is 45.9 Å². The molecule has 118 valence electrons. The quantitative estimate of drug-likeness (QED) is 0.664. The van der Waals surface area contributed by atoms with Crippen LogP contribution in [-0.2, 0) is 12.8 Å². The average Bonchev–Trinajstić information content (AvgIpc) is 3.10. The summed E-state index contributed by atoms with van der Waals surface area (Å²) in [4.78, 5) is 0. The predicted octanol–water partition coefficient (Wildman–Crippen LogP) is 5.88. The van der Waals surface area contributed by atoms with E-state index in [1.807, 2.05) is 0 Å². The molecule has 1 fully saturated rings. The number of phenolic OH excluding ortho intramolecular Hbond substituents is 1. The second-order valence-electron chi connectivity index (χ2n) is 8.50. The first-order valence-corrected chi connectivity index (χ1v) is 8.59. The summed E-state index contributed by atoms with van der Waals surface area (Å²) in [5, 5.41) is 10.5. The Bertz CT molecular complexity index is 434. The van der Waals surface area contributed by atoms with E-state index < -0.39 is 0 Å². The molecule has 0 spiro atoms. The Kier molecular flexibility index (Phi) is 5.01. The number of aromatic hydroxyl groups is 1. The summed E-state index contributed by atoms with van der Waals surface area (Å²) >= 11 is 0. The van der Waals surface area contributed by atoms with Gasteiger partial charge in [0, 0.05) is 0 Å². The van der Waals surface area contributed by atoms with Gasteiger partial charge >= 0.3 is 0 Å². The van der Waals surface area contributed by atoms with Gasteiger partial charge < -0.3 is 5.11 Å². The van der Waals surface area contributed by atoms with Crippen LogP contribution in [0.3, 0.4) is 0 Å². The number of phenols is 1. The molecular weight excluding hydrogens is 256 g/mol. The van der Waals surface area contributed by atoms with Crippen molar-refractivity contribution >= 4 is 0 Å². The first-order chi connectivity index (χ1) is 9.79. The molecule has 0 aromatic heterocycles. The van der Waals surface area contributed by atoms with Crippen LogP contribution < -0.4 is 0 Å². The standard InChI is InChI=1S/C20H32O/c1-19(2,3)12-6-10-16-8-5-9-17(18(16)21)11-7-13-20(4)14-15-20/h5,8-9,21H,6-7,10-15H2,1-4H3. The third kappa shape index (κ3) is 5.37. The van der Waals surface area contributed by atoms with Crippen molar-refractivity contribution in [2.24, 2.45) is 10.8 Å². The highest BCUT2D eigenvalue weighted by Gasteiger charge is 2.36. The number of hydrogen-bond acceptors (Lipinski definition) is 1. The van der Waals surface area contributed by atoms with Crippen LogP contribution in [0, 0.1) is 10.8 Å². The van der Waals surface area contributed by atoms with Crippen LogP contribution in [-0.4, -0.2) is 5.11 Å². The molecule has 0 unspecified atom stereocenters. The van der Waals surface area contributed by atoms with Gasteiger partial charge in [-0.15, -0.1) is 0 Å². The minimum atomic E-state index is 0.382. The van der Waals surface area contributed by atoms with Crippen LogP contribution in [0.1, 0.15) is 77.3 Å². The van der Waals surface area contributed by atoms with E-state index in [1.165, 1.54) is 32.1 Å². The van der Waals surface area contributed by atoms with E-state index in [0.717, 1.165) is 30.4 Å². The first kappa shape index (κ1) is 16.4. The van der Waals surface area contributed by atoms with E-state index in [0.29, 0.717) is 16.6 Å². The third-order valence-electron chi connectivity index (χ3n) is 4.91. The second-order valence-corrected chi connectivity index (χ2v) is 8.50. The van der Waals surface area contributed by atoms with Crippen molar-refractivity contribution in [2.45, 2.75) is 79.1 Å². The minimum Gasteiger partial charge on any atom is -0.507 e. The van der Waals surface area contributed by atoms with Crippen molar-refractivity contribution < 1.29 is 5.11 Å². The summed E-state index contributed by atoms with van der Waals surface area (Å²) in [5.74, 6) is 0.562. The van der Waals surface area contributed by atoms with E-state index in [-0.39, 0.29) is 0 Å². The summed E-state index contributed by atoms with van der Waals surface area (Å²) in [5.41, 5.74) is 3.29. The van der Waals surface area contributed by atoms with Crippen molar-refractivity contribution in [2.75, 3.05) is 0 Å². The normalized spacial score (nSPS) is 17.0. The Labute approximate surface area is 130 Å². The smallest absolute Gasteiger partial charge is 0.121 e.